The van der Waals surface area contributed by atoms with Crippen LogP contribution >= 0.6 is 0 Å². The molecule has 0 radical (unpaired) electrons. The van der Waals surface area contributed by atoms with Gasteiger partial charge in [0.15, 0.2) is 23.4 Å². The van der Waals surface area contributed by atoms with Gasteiger partial charge in [0.1, 0.15) is 22.8 Å². The van der Waals surface area contributed by atoms with Gasteiger partial charge in [-0.3, -0.25) is 4.79 Å². The molecule has 1 aliphatic carbocycles. The molecule has 5 atom stereocenters. The lowest BCUT2D eigenvalue weighted by atomic mass is 9.86. The van der Waals surface area contributed by atoms with Crippen molar-refractivity contribution in [1.82, 2.24) is 0 Å². The molecule has 0 amide bonds. The van der Waals surface area contributed by atoms with Crippen molar-refractivity contribution in [1.29, 1.82) is 0 Å². The van der Waals surface area contributed by atoms with Crippen molar-refractivity contribution in [2.24, 2.45) is 5.92 Å². The number of phenolic OH excluding ortho intramolecular Hbond substituents is 5. The Bertz CT molecular complexity index is 1180. The number of Topliss-reactive ketones (excluding diaryl/α,β-unsaturated/α-hetero) is 1. The summed E-state index contributed by atoms with van der Waals surface area (Å²) >= 11 is 0. The smallest absolute Gasteiger partial charge is 0.334 e. The maximum atomic E-state index is 13.3. The van der Waals surface area contributed by atoms with Crippen LogP contribution in [0.1, 0.15) is 35.4 Å². The second-order valence-electron chi connectivity index (χ2n) is 8.29. The highest BCUT2D eigenvalue weighted by Gasteiger charge is 2.44. The molecule has 2 aliphatic rings. The van der Waals surface area contributed by atoms with Crippen LogP contribution in [0.4, 0.5) is 0 Å². The molecule has 0 saturated carbocycles. The number of carbonyl (C=O) groups excluding carboxylic acids is 2. The maximum Gasteiger partial charge on any atom is 0.334 e. The first-order valence-electron chi connectivity index (χ1n) is 10.3. The molecule has 0 fully saturated rings. The Balaban J connectivity index is 1.76. The van der Waals surface area contributed by atoms with Crippen LogP contribution in [0.2, 0.25) is 0 Å². The second-order valence-corrected chi connectivity index (χ2v) is 8.29. The van der Waals surface area contributed by atoms with Crippen LogP contribution in [-0.4, -0.2) is 65.8 Å². The van der Waals surface area contributed by atoms with Crippen molar-refractivity contribution in [3.63, 3.8) is 0 Å². The minimum atomic E-state index is -1.74. The number of phenols is 5. The number of benzene rings is 2. The minimum Gasteiger partial charge on any atom is -0.508 e. The number of rotatable bonds is 3. The van der Waals surface area contributed by atoms with E-state index in [1.165, 1.54) is 6.08 Å². The summed E-state index contributed by atoms with van der Waals surface area (Å²) in [6.07, 6.45) is -4.30. The Morgan fingerprint density at radius 1 is 1.00 bits per heavy atom. The van der Waals surface area contributed by atoms with Gasteiger partial charge in [0.05, 0.1) is 12.2 Å². The summed E-state index contributed by atoms with van der Waals surface area (Å²) in [7, 11) is 0. The molecule has 34 heavy (non-hydrogen) atoms. The van der Waals surface area contributed by atoms with E-state index in [1.54, 1.807) is 6.92 Å². The number of hydrogen-bond donors (Lipinski definition) is 7. The summed E-state index contributed by atoms with van der Waals surface area (Å²) in [6.45, 7) is 1.60. The monoisotopic (exact) mass is 474 g/mol. The fraction of sp³-hybridized carbons (Fsp3) is 0.304. The quantitative estimate of drug-likeness (QED) is 0.249. The highest BCUT2D eigenvalue weighted by atomic mass is 16.6. The van der Waals surface area contributed by atoms with Crippen LogP contribution in [0, 0.1) is 5.92 Å². The molecule has 7 N–H and O–H groups in total. The van der Waals surface area contributed by atoms with Crippen molar-refractivity contribution in [2.75, 3.05) is 0 Å². The van der Waals surface area contributed by atoms with Gasteiger partial charge in [-0.1, -0.05) is 6.92 Å². The van der Waals surface area contributed by atoms with Gasteiger partial charge in [-0.05, 0) is 18.2 Å². The second kappa shape index (κ2) is 8.43. The van der Waals surface area contributed by atoms with E-state index >= 15 is 0 Å². The standard InChI is InChI=1S/C23H22O11/c1-8-12(25)4-10(5-13(8)26)23(32)34-22-20(31)18-14(27)6-11(24)7-17(18)33-21(22)9-2-15(28)19(30)16(29)3-9/h2-4,6-8,12-13,21-22,24-30H,5H2,1H3. The number of ketones is 1. The first kappa shape index (κ1) is 23.2. The van der Waals surface area contributed by atoms with E-state index in [0.29, 0.717) is 0 Å². The largest absolute Gasteiger partial charge is 0.508 e. The Hall–Kier alpha value is -3.96. The zero-order valence-corrected chi connectivity index (χ0v) is 17.7. The Morgan fingerprint density at radius 2 is 1.65 bits per heavy atom. The molecule has 0 spiro atoms. The predicted molar refractivity (Wildman–Crippen MR) is 113 cm³/mol. The molecule has 2 aromatic carbocycles. The number of aliphatic hydroxyl groups is 2. The van der Waals surface area contributed by atoms with Crippen molar-refractivity contribution >= 4 is 11.8 Å². The summed E-state index contributed by atoms with van der Waals surface area (Å²) in [6, 6.07) is 3.91. The van der Waals surface area contributed by atoms with Crippen LogP contribution in [0.3, 0.4) is 0 Å². The minimum absolute atomic E-state index is 0.0706. The number of esters is 1. The normalized spacial score (nSPS) is 26.3. The molecule has 4 rings (SSSR count). The van der Waals surface area contributed by atoms with E-state index in [0.717, 1.165) is 24.3 Å². The third-order valence-corrected chi connectivity index (χ3v) is 5.96. The van der Waals surface area contributed by atoms with E-state index in [4.69, 9.17) is 9.47 Å². The molecular formula is C23H22O11. The fourth-order valence-electron chi connectivity index (χ4n) is 3.96. The highest BCUT2D eigenvalue weighted by molar-refractivity contribution is 6.07. The summed E-state index contributed by atoms with van der Waals surface area (Å²) in [5, 5.41) is 69.6. The highest BCUT2D eigenvalue weighted by Crippen LogP contribution is 2.45. The van der Waals surface area contributed by atoms with Crippen molar-refractivity contribution in [2.45, 2.75) is 37.8 Å². The fourth-order valence-corrected chi connectivity index (χ4v) is 3.96. The number of ether oxygens (including phenoxy) is 2. The molecular weight excluding hydrogens is 452 g/mol. The average Bonchev–Trinajstić information content (AvgIpc) is 2.76. The lowest BCUT2D eigenvalue weighted by Crippen LogP contribution is -2.41. The van der Waals surface area contributed by atoms with Gasteiger partial charge >= 0.3 is 5.97 Å². The first-order valence-corrected chi connectivity index (χ1v) is 10.3. The van der Waals surface area contributed by atoms with Crippen molar-refractivity contribution < 1.29 is 54.8 Å². The van der Waals surface area contributed by atoms with E-state index in [-0.39, 0.29) is 28.9 Å². The Kier molecular flexibility index (Phi) is 5.75. The molecule has 5 unspecified atom stereocenters. The van der Waals surface area contributed by atoms with E-state index < -0.39 is 70.8 Å². The number of carbonyl (C=O) groups is 2. The van der Waals surface area contributed by atoms with Gasteiger partial charge < -0.3 is 45.2 Å². The SMILES string of the molecule is CC1C(O)C=C(C(=O)OC2C(=O)c3c(O)cc(O)cc3OC2c2cc(O)c(O)c(O)c2)CC1O. The zero-order chi connectivity index (χ0) is 24.9. The van der Waals surface area contributed by atoms with E-state index in [2.05, 4.69) is 0 Å². The summed E-state index contributed by atoms with van der Waals surface area (Å²) in [5.41, 5.74) is -0.522. The molecule has 11 nitrogen and oxygen atoms in total. The number of aliphatic hydroxyl groups excluding tert-OH is 2. The van der Waals surface area contributed by atoms with Crippen molar-refractivity contribution in [3.05, 3.63) is 47.0 Å². The lowest BCUT2D eigenvalue weighted by Gasteiger charge is -2.34. The van der Waals surface area contributed by atoms with Crippen LogP contribution in [0.15, 0.2) is 35.9 Å². The molecule has 180 valence electrons. The molecule has 0 aromatic heterocycles. The molecule has 2 aromatic rings. The summed E-state index contributed by atoms with van der Waals surface area (Å²) in [4.78, 5) is 26.1. The van der Waals surface area contributed by atoms with Gasteiger partial charge in [-0.2, -0.15) is 0 Å². The van der Waals surface area contributed by atoms with Gasteiger partial charge in [0, 0.05) is 35.6 Å². The topological polar surface area (TPSA) is 194 Å². The van der Waals surface area contributed by atoms with Gasteiger partial charge in [-0.25, -0.2) is 4.79 Å². The molecule has 11 heteroatoms. The maximum absolute atomic E-state index is 13.3. The molecule has 1 aliphatic heterocycles. The third kappa shape index (κ3) is 3.95. The first-order chi connectivity index (χ1) is 16.0. The zero-order valence-electron chi connectivity index (χ0n) is 17.7. The van der Waals surface area contributed by atoms with Gasteiger partial charge in [0.2, 0.25) is 11.9 Å². The summed E-state index contributed by atoms with van der Waals surface area (Å²) < 4.78 is 11.1. The van der Waals surface area contributed by atoms with Gasteiger partial charge in [0.25, 0.3) is 0 Å². The Labute approximate surface area is 192 Å². The molecule has 1 heterocycles. The average molecular weight is 474 g/mol. The Morgan fingerprint density at radius 3 is 2.26 bits per heavy atom. The number of hydrogen-bond acceptors (Lipinski definition) is 11. The molecule has 0 bridgehead atoms. The van der Waals surface area contributed by atoms with Crippen LogP contribution in [-0.2, 0) is 9.53 Å². The lowest BCUT2D eigenvalue weighted by molar-refractivity contribution is -0.148. The summed E-state index contributed by atoms with van der Waals surface area (Å²) in [5.74, 6) is -6.06. The van der Waals surface area contributed by atoms with Crippen LogP contribution in [0.5, 0.6) is 34.5 Å². The van der Waals surface area contributed by atoms with E-state index in [9.17, 15) is 45.3 Å². The number of fused-ring (bicyclic) bond motifs is 1. The number of aromatic hydroxyl groups is 5. The van der Waals surface area contributed by atoms with Crippen molar-refractivity contribution in [3.8, 4) is 34.5 Å². The van der Waals surface area contributed by atoms with Crippen LogP contribution < -0.4 is 4.74 Å². The molecule has 0 saturated heterocycles. The van der Waals surface area contributed by atoms with Crippen LogP contribution in [0.25, 0.3) is 0 Å². The predicted octanol–water partition coefficient (Wildman–Crippen LogP) is 1.13. The van der Waals surface area contributed by atoms with Gasteiger partial charge in [-0.15, -0.1) is 0 Å². The third-order valence-electron chi connectivity index (χ3n) is 5.96. The van der Waals surface area contributed by atoms with E-state index in [1.807, 2.05) is 0 Å².